The van der Waals surface area contributed by atoms with Gasteiger partial charge in [0, 0.05) is 42.9 Å². The molecule has 2 aromatic carbocycles. The summed E-state index contributed by atoms with van der Waals surface area (Å²) in [7, 11) is 0. The van der Waals surface area contributed by atoms with Crippen molar-refractivity contribution in [2.75, 3.05) is 11.9 Å². The summed E-state index contributed by atoms with van der Waals surface area (Å²) in [6, 6.07) is 27.5. The first-order valence-corrected chi connectivity index (χ1v) is 11.7. The second-order valence-corrected chi connectivity index (χ2v) is 8.56. The van der Waals surface area contributed by atoms with E-state index in [1.807, 2.05) is 66.7 Å². The highest BCUT2D eigenvalue weighted by molar-refractivity contribution is 7.80. The second kappa shape index (κ2) is 9.89. The summed E-state index contributed by atoms with van der Waals surface area (Å²) in [4.78, 5) is 19.3. The van der Waals surface area contributed by atoms with Crippen molar-refractivity contribution < 1.29 is 4.79 Å². The molecule has 34 heavy (non-hydrogen) atoms. The van der Waals surface area contributed by atoms with Crippen LogP contribution in [-0.2, 0) is 4.79 Å². The molecule has 0 bridgehead atoms. The summed E-state index contributed by atoms with van der Waals surface area (Å²) in [5.74, 6) is -0.0455. The molecule has 0 saturated carbocycles. The number of pyridine rings is 1. The summed E-state index contributed by atoms with van der Waals surface area (Å²) < 4.78 is 2.10. The van der Waals surface area contributed by atoms with Gasteiger partial charge in [-0.2, -0.15) is 0 Å². The van der Waals surface area contributed by atoms with Gasteiger partial charge in [0.15, 0.2) is 5.11 Å². The average Bonchev–Trinajstić information content (AvgIpc) is 3.49. The standard InChI is InChI=1S/C27H25N5OS/c33-24(29-21-9-3-1-4-10-21)15-18-32-26(25(30-27(32)34)23-13-7-8-16-28-23)20-14-17-31(19-20)22-11-5-2-6-12-22/h1-14,16-17,19,25-26H,15,18H2,(H,29,33)(H,30,34)/t25-,26-/m1/s1. The summed E-state index contributed by atoms with van der Waals surface area (Å²) in [5, 5.41) is 7.03. The van der Waals surface area contributed by atoms with E-state index in [1.54, 1.807) is 6.20 Å². The summed E-state index contributed by atoms with van der Waals surface area (Å²) in [5.41, 5.74) is 3.90. The van der Waals surface area contributed by atoms with E-state index in [0.29, 0.717) is 18.1 Å². The summed E-state index contributed by atoms with van der Waals surface area (Å²) >= 11 is 5.73. The number of hydrogen-bond acceptors (Lipinski definition) is 3. The normalized spacial score (nSPS) is 17.4. The lowest BCUT2D eigenvalue weighted by molar-refractivity contribution is -0.116. The van der Waals surface area contributed by atoms with Gasteiger partial charge in [0.2, 0.25) is 5.91 Å². The molecular weight excluding hydrogens is 442 g/mol. The van der Waals surface area contributed by atoms with Gasteiger partial charge in [0.05, 0.1) is 17.8 Å². The van der Waals surface area contributed by atoms with Gasteiger partial charge in [-0.05, 0) is 60.2 Å². The Bertz CT molecular complexity index is 1260. The number of thiocarbonyl (C=S) groups is 1. The molecule has 1 amide bonds. The first-order chi connectivity index (χ1) is 16.7. The lowest BCUT2D eigenvalue weighted by atomic mass is 9.99. The molecule has 2 atom stereocenters. The van der Waals surface area contributed by atoms with Gasteiger partial charge in [-0.3, -0.25) is 9.78 Å². The molecule has 3 heterocycles. The van der Waals surface area contributed by atoms with Crippen LogP contribution in [-0.4, -0.2) is 32.0 Å². The van der Waals surface area contributed by atoms with Crippen LogP contribution in [0.25, 0.3) is 5.69 Å². The van der Waals surface area contributed by atoms with Gasteiger partial charge < -0.3 is 20.1 Å². The SMILES string of the molecule is O=C(CCN1C(=S)N[C@H](c2ccccn2)[C@H]1c1ccn(-c2ccccc2)c1)Nc1ccccc1. The fourth-order valence-electron chi connectivity index (χ4n) is 4.33. The van der Waals surface area contributed by atoms with E-state index < -0.39 is 0 Å². The first-order valence-electron chi connectivity index (χ1n) is 11.3. The predicted molar refractivity (Wildman–Crippen MR) is 138 cm³/mol. The average molecular weight is 468 g/mol. The third-order valence-corrected chi connectivity index (χ3v) is 6.30. The van der Waals surface area contributed by atoms with Gasteiger partial charge in [0.1, 0.15) is 0 Å². The Labute approximate surface area is 204 Å². The number of aromatic nitrogens is 2. The van der Waals surface area contributed by atoms with Crippen LogP contribution in [0.4, 0.5) is 5.69 Å². The minimum absolute atomic E-state index is 0.0455. The fraction of sp³-hybridized carbons (Fsp3) is 0.148. The molecule has 170 valence electrons. The Balaban J connectivity index is 1.40. The molecular formula is C27H25N5OS. The number of rotatable bonds is 7. The quantitative estimate of drug-likeness (QED) is 0.380. The molecule has 5 rings (SSSR count). The number of benzene rings is 2. The van der Waals surface area contributed by atoms with E-state index in [4.69, 9.17) is 12.2 Å². The first kappa shape index (κ1) is 21.9. The van der Waals surface area contributed by atoms with Gasteiger partial charge in [0.25, 0.3) is 0 Å². The van der Waals surface area contributed by atoms with Crippen molar-refractivity contribution in [3.8, 4) is 5.69 Å². The van der Waals surface area contributed by atoms with Crippen LogP contribution in [0.3, 0.4) is 0 Å². The van der Waals surface area contributed by atoms with Crippen molar-refractivity contribution in [3.63, 3.8) is 0 Å². The second-order valence-electron chi connectivity index (χ2n) is 8.17. The molecule has 0 unspecified atom stereocenters. The maximum Gasteiger partial charge on any atom is 0.226 e. The summed E-state index contributed by atoms with van der Waals surface area (Å²) in [6.07, 6.45) is 6.30. The van der Waals surface area contributed by atoms with Crippen LogP contribution in [0.5, 0.6) is 0 Å². The highest BCUT2D eigenvalue weighted by atomic mass is 32.1. The van der Waals surface area contributed by atoms with Crippen LogP contribution < -0.4 is 10.6 Å². The lowest BCUT2D eigenvalue weighted by Gasteiger charge is -2.27. The molecule has 1 saturated heterocycles. The van der Waals surface area contributed by atoms with Gasteiger partial charge in [-0.25, -0.2) is 0 Å². The van der Waals surface area contributed by atoms with Crippen LogP contribution >= 0.6 is 12.2 Å². The van der Waals surface area contributed by atoms with E-state index in [9.17, 15) is 4.79 Å². The van der Waals surface area contributed by atoms with Crippen LogP contribution in [0.15, 0.2) is 104 Å². The molecule has 2 aromatic heterocycles. The number of carbonyl (C=O) groups excluding carboxylic acids is 1. The summed E-state index contributed by atoms with van der Waals surface area (Å²) in [6.45, 7) is 0.495. The van der Waals surface area contributed by atoms with E-state index in [-0.39, 0.29) is 18.0 Å². The zero-order chi connectivity index (χ0) is 23.3. The highest BCUT2D eigenvalue weighted by Gasteiger charge is 2.40. The zero-order valence-corrected chi connectivity index (χ0v) is 19.4. The van der Waals surface area contributed by atoms with Crippen molar-refractivity contribution >= 4 is 28.9 Å². The van der Waals surface area contributed by atoms with E-state index in [1.165, 1.54) is 0 Å². The van der Waals surface area contributed by atoms with Gasteiger partial charge in [-0.1, -0.05) is 42.5 Å². The number of para-hydroxylation sites is 2. The van der Waals surface area contributed by atoms with E-state index >= 15 is 0 Å². The molecule has 0 radical (unpaired) electrons. The number of amides is 1. The zero-order valence-electron chi connectivity index (χ0n) is 18.5. The topological polar surface area (TPSA) is 62.2 Å². The maximum absolute atomic E-state index is 12.6. The number of nitrogens with zero attached hydrogens (tertiary/aromatic N) is 3. The van der Waals surface area contributed by atoms with Gasteiger partial charge >= 0.3 is 0 Å². The Hall–Kier alpha value is -3.97. The largest absolute Gasteiger partial charge is 0.352 e. The third kappa shape index (κ3) is 4.70. The minimum Gasteiger partial charge on any atom is -0.352 e. The van der Waals surface area contributed by atoms with Crippen LogP contribution in [0.2, 0.25) is 0 Å². The third-order valence-electron chi connectivity index (χ3n) is 5.95. The van der Waals surface area contributed by atoms with Crippen LogP contribution in [0.1, 0.15) is 29.8 Å². The number of carbonyl (C=O) groups is 1. The monoisotopic (exact) mass is 467 g/mol. The van der Waals surface area contributed by atoms with E-state index in [0.717, 1.165) is 22.6 Å². The van der Waals surface area contributed by atoms with Gasteiger partial charge in [-0.15, -0.1) is 0 Å². The lowest BCUT2D eigenvalue weighted by Crippen LogP contribution is -2.32. The number of hydrogen-bond donors (Lipinski definition) is 2. The van der Waals surface area contributed by atoms with E-state index in [2.05, 4.69) is 55.7 Å². The highest BCUT2D eigenvalue weighted by Crippen LogP contribution is 2.39. The predicted octanol–water partition coefficient (Wildman–Crippen LogP) is 4.87. The Morgan fingerprint density at radius 3 is 2.44 bits per heavy atom. The maximum atomic E-state index is 12.6. The molecule has 1 fully saturated rings. The Morgan fingerprint density at radius 1 is 0.971 bits per heavy atom. The molecule has 7 heteroatoms. The molecule has 0 aliphatic carbocycles. The molecule has 4 aromatic rings. The van der Waals surface area contributed by atoms with Crippen molar-refractivity contribution in [2.45, 2.75) is 18.5 Å². The minimum atomic E-state index is -0.113. The van der Waals surface area contributed by atoms with Crippen molar-refractivity contribution in [2.24, 2.45) is 0 Å². The molecule has 1 aliphatic rings. The van der Waals surface area contributed by atoms with Crippen molar-refractivity contribution in [1.29, 1.82) is 0 Å². The molecule has 1 aliphatic heterocycles. The number of anilines is 1. The molecule has 0 spiro atoms. The smallest absolute Gasteiger partial charge is 0.226 e. The van der Waals surface area contributed by atoms with Crippen molar-refractivity contribution in [3.05, 3.63) is 115 Å². The molecule has 6 nitrogen and oxygen atoms in total. The van der Waals surface area contributed by atoms with Crippen molar-refractivity contribution in [1.82, 2.24) is 19.8 Å². The Morgan fingerprint density at radius 2 is 1.71 bits per heavy atom. The number of nitrogens with one attached hydrogen (secondary N) is 2. The fourth-order valence-corrected chi connectivity index (χ4v) is 4.66. The van der Waals surface area contributed by atoms with Crippen LogP contribution in [0, 0.1) is 0 Å². The molecule has 2 N–H and O–H groups in total. The Kier molecular flexibility index (Phi) is 6.35.